The number of carbonyl (C=O) groups is 2. The Morgan fingerprint density at radius 1 is 1.15 bits per heavy atom. The highest BCUT2D eigenvalue weighted by Gasteiger charge is 2.50. The second-order valence-electron chi connectivity index (χ2n) is 15.4. The first-order valence-electron chi connectivity index (χ1n) is 16.8. The smallest absolute Gasteiger partial charge is 0.407 e. The summed E-state index contributed by atoms with van der Waals surface area (Å²) in [7, 11) is -1.34. The third-order valence-electron chi connectivity index (χ3n) is 9.32. The van der Waals surface area contributed by atoms with Crippen LogP contribution in [0.1, 0.15) is 62.2 Å². The van der Waals surface area contributed by atoms with Gasteiger partial charge in [0.05, 0.1) is 42.4 Å². The molecule has 1 saturated heterocycles. The Morgan fingerprint density at radius 3 is 2.49 bits per heavy atom. The molecule has 1 aliphatic heterocycles. The first-order chi connectivity index (χ1) is 22.1. The van der Waals surface area contributed by atoms with Crippen molar-refractivity contribution >= 4 is 31.1 Å². The van der Waals surface area contributed by atoms with E-state index in [2.05, 4.69) is 49.0 Å². The van der Waals surface area contributed by atoms with Crippen molar-refractivity contribution in [2.75, 3.05) is 19.8 Å². The monoisotopic (exact) mass is 665 g/mol. The molecule has 2 aliphatic rings. The molecule has 1 saturated carbocycles. The van der Waals surface area contributed by atoms with E-state index in [0.717, 1.165) is 29.3 Å². The molecule has 1 unspecified atom stereocenters. The third kappa shape index (κ3) is 7.65. The van der Waals surface area contributed by atoms with Gasteiger partial charge in [-0.2, -0.15) is 0 Å². The fourth-order valence-corrected chi connectivity index (χ4v) is 7.25. The van der Waals surface area contributed by atoms with Crippen LogP contribution < -0.4 is 10.1 Å². The topological polar surface area (TPSA) is 139 Å². The van der Waals surface area contributed by atoms with Gasteiger partial charge in [-0.1, -0.05) is 53.4 Å². The number of carboxylic acid groups (broad SMARTS) is 1. The van der Waals surface area contributed by atoms with Gasteiger partial charge in [-0.3, -0.25) is 4.79 Å². The molecular formula is C35H51N5O6Si. The minimum atomic E-state index is -1.34. The predicted octanol–water partition coefficient (Wildman–Crippen LogP) is 5.94. The number of nitrogens with zero attached hydrogens (tertiary/aromatic N) is 4. The lowest BCUT2D eigenvalue weighted by Crippen LogP contribution is -2.54. The van der Waals surface area contributed by atoms with E-state index in [0.29, 0.717) is 47.1 Å². The number of aliphatic hydroxyl groups excluding tert-OH is 1. The number of likely N-dealkylation sites (tertiary alicyclic amines) is 1. The van der Waals surface area contributed by atoms with E-state index >= 15 is 0 Å². The van der Waals surface area contributed by atoms with Gasteiger partial charge in [0.2, 0.25) is 0 Å². The minimum absolute atomic E-state index is 0.0857. The molecule has 1 aromatic carbocycles. The fourth-order valence-electron chi connectivity index (χ4n) is 6.49. The SMILES string of the molecule is CCc1ccc(OCC2CC2)c(-c2ncnc3c(C(=O)N[C@@H]4C(C(C)(C)C)N(C(=O)O)C[C@H]4O)c(C)n(COCC[Si](C)(C)C)c23)c1. The van der Waals surface area contributed by atoms with Crippen molar-refractivity contribution < 1.29 is 29.3 Å². The summed E-state index contributed by atoms with van der Waals surface area (Å²) in [5.41, 5.74) is 4.20. The number of hydrogen-bond donors (Lipinski definition) is 3. The highest BCUT2D eigenvalue weighted by atomic mass is 28.3. The Morgan fingerprint density at radius 2 is 1.87 bits per heavy atom. The van der Waals surface area contributed by atoms with E-state index in [1.54, 1.807) is 0 Å². The molecule has 3 heterocycles. The van der Waals surface area contributed by atoms with Gasteiger partial charge in [0.1, 0.15) is 30.0 Å². The van der Waals surface area contributed by atoms with Crippen molar-refractivity contribution in [2.24, 2.45) is 11.3 Å². The van der Waals surface area contributed by atoms with Crippen LogP contribution in [0.2, 0.25) is 25.7 Å². The molecule has 11 nitrogen and oxygen atoms in total. The van der Waals surface area contributed by atoms with Crippen LogP contribution in [0.15, 0.2) is 24.5 Å². The van der Waals surface area contributed by atoms with Crippen LogP contribution in [-0.4, -0.2) is 87.7 Å². The zero-order valence-corrected chi connectivity index (χ0v) is 30.1. The largest absolute Gasteiger partial charge is 0.493 e. The van der Waals surface area contributed by atoms with Gasteiger partial charge in [-0.05, 0) is 61.3 Å². The van der Waals surface area contributed by atoms with E-state index in [1.165, 1.54) is 24.1 Å². The van der Waals surface area contributed by atoms with Crippen LogP contribution >= 0.6 is 0 Å². The first-order valence-corrected chi connectivity index (χ1v) is 20.5. The van der Waals surface area contributed by atoms with Crippen LogP contribution in [0.5, 0.6) is 5.75 Å². The van der Waals surface area contributed by atoms with Crippen molar-refractivity contribution in [1.82, 2.24) is 24.8 Å². The lowest BCUT2D eigenvalue weighted by Gasteiger charge is -2.37. The molecule has 1 aliphatic carbocycles. The molecule has 0 bridgehead atoms. The summed E-state index contributed by atoms with van der Waals surface area (Å²) in [6, 6.07) is 5.73. The van der Waals surface area contributed by atoms with E-state index in [-0.39, 0.29) is 13.3 Å². The highest BCUT2D eigenvalue weighted by molar-refractivity contribution is 6.76. The van der Waals surface area contributed by atoms with Gasteiger partial charge in [-0.15, -0.1) is 0 Å². The van der Waals surface area contributed by atoms with Crippen LogP contribution in [0.25, 0.3) is 22.3 Å². The third-order valence-corrected chi connectivity index (χ3v) is 11.0. The average molecular weight is 666 g/mol. The van der Waals surface area contributed by atoms with Gasteiger partial charge in [0, 0.05) is 25.9 Å². The molecule has 2 amide bonds. The number of aryl methyl sites for hydroxylation is 1. The zero-order valence-electron chi connectivity index (χ0n) is 29.1. The first kappa shape index (κ1) is 34.8. The van der Waals surface area contributed by atoms with E-state index in [1.807, 2.05) is 38.3 Å². The zero-order chi connectivity index (χ0) is 34.3. The Balaban J connectivity index is 1.60. The van der Waals surface area contributed by atoms with E-state index in [4.69, 9.17) is 14.5 Å². The number of aliphatic hydroxyl groups is 1. The number of hydrogen-bond acceptors (Lipinski definition) is 7. The summed E-state index contributed by atoms with van der Waals surface area (Å²) in [4.78, 5) is 37.1. The molecule has 5 rings (SSSR count). The van der Waals surface area contributed by atoms with Crippen LogP contribution in [-0.2, 0) is 17.9 Å². The number of carbonyl (C=O) groups excluding carboxylic acids is 1. The lowest BCUT2D eigenvalue weighted by molar-refractivity contribution is 0.0780. The summed E-state index contributed by atoms with van der Waals surface area (Å²) < 4.78 is 14.6. The number of nitrogens with one attached hydrogen (secondary N) is 1. The minimum Gasteiger partial charge on any atom is -0.493 e. The number of ether oxygens (including phenoxy) is 2. The molecular weight excluding hydrogens is 615 g/mol. The van der Waals surface area contributed by atoms with Crippen LogP contribution in [0, 0.1) is 18.3 Å². The standard InChI is InChI=1S/C35H51N5O6Si/c1-9-22-12-13-26(46-18-23-10-11-23)24(16-22)28-31-30(37-19-36-28)27(21(2)40(31)20-45-14-15-47(6,7)8)33(42)38-29-25(41)17-39(34(43)44)32(29)35(3,4)5/h12-13,16,19,23,25,29,32,41H,9-11,14-15,17-18,20H2,1-8H3,(H,38,42)(H,43,44)/t25-,29+,32?/m1/s1. The van der Waals surface area contributed by atoms with Crippen molar-refractivity contribution in [3.8, 4) is 17.0 Å². The molecule has 12 heteroatoms. The normalized spacial score (nSPS) is 20.2. The molecule has 3 aromatic rings. The highest BCUT2D eigenvalue weighted by Crippen LogP contribution is 2.39. The number of β-amino-alcohol motifs (C(OH)–C–C–N with tert-alkyl or cyclic N) is 1. The molecule has 2 aromatic heterocycles. The summed E-state index contributed by atoms with van der Waals surface area (Å²) in [6.07, 6.45) is 2.46. The number of fused-ring (bicyclic) bond motifs is 1. The molecule has 3 atom stereocenters. The van der Waals surface area contributed by atoms with E-state index in [9.17, 15) is 19.8 Å². The second-order valence-corrected chi connectivity index (χ2v) is 21.0. The Hall–Kier alpha value is -3.48. The Kier molecular flexibility index (Phi) is 10.1. The van der Waals surface area contributed by atoms with Gasteiger partial charge in [0.15, 0.2) is 0 Å². The second kappa shape index (κ2) is 13.6. The van der Waals surface area contributed by atoms with Crippen molar-refractivity contribution in [3.05, 3.63) is 41.3 Å². The van der Waals surface area contributed by atoms with Crippen LogP contribution in [0.3, 0.4) is 0 Å². The molecule has 0 radical (unpaired) electrons. The molecule has 47 heavy (non-hydrogen) atoms. The van der Waals surface area contributed by atoms with Crippen LogP contribution in [0.4, 0.5) is 4.79 Å². The van der Waals surface area contributed by atoms with Crippen molar-refractivity contribution in [2.45, 2.75) is 104 Å². The predicted molar refractivity (Wildman–Crippen MR) is 185 cm³/mol. The summed E-state index contributed by atoms with van der Waals surface area (Å²) in [6.45, 7) is 18.0. The Labute approximate surface area is 278 Å². The maximum atomic E-state index is 14.3. The fraction of sp³-hybridized carbons (Fsp3) is 0.600. The average Bonchev–Trinajstić information content (AvgIpc) is 3.70. The summed E-state index contributed by atoms with van der Waals surface area (Å²) >= 11 is 0. The molecule has 3 N–H and O–H groups in total. The van der Waals surface area contributed by atoms with Gasteiger partial charge >= 0.3 is 6.09 Å². The number of aromatic nitrogens is 3. The lowest BCUT2D eigenvalue weighted by atomic mass is 9.82. The summed E-state index contributed by atoms with van der Waals surface area (Å²) in [5.74, 6) is 0.872. The number of rotatable bonds is 12. The van der Waals surface area contributed by atoms with Gasteiger partial charge < -0.3 is 34.5 Å². The molecule has 256 valence electrons. The quantitative estimate of drug-likeness (QED) is 0.160. The van der Waals surface area contributed by atoms with Crippen molar-refractivity contribution in [3.63, 3.8) is 0 Å². The molecule has 0 spiro atoms. The summed E-state index contributed by atoms with van der Waals surface area (Å²) in [5, 5.41) is 23.9. The van der Waals surface area contributed by atoms with Gasteiger partial charge in [-0.25, -0.2) is 14.8 Å². The maximum Gasteiger partial charge on any atom is 0.407 e. The maximum absolute atomic E-state index is 14.3. The number of benzene rings is 1. The Bertz CT molecular complexity index is 1620. The van der Waals surface area contributed by atoms with E-state index < -0.39 is 43.7 Å². The number of amides is 2. The van der Waals surface area contributed by atoms with Gasteiger partial charge in [0.25, 0.3) is 5.91 Å². The molecule has 2 fully saturated rings. The van der Waals surface area contributed by atoms with Crippen molar-refractivity contribution in [1.29, 1.82) is 0 Å².